The molecule has 0 saturated heterocycles. The van der Waals surface area contributed by atoms with Crippen LogP contribution in [0.5, 0.6) is 0 Å². The SMILES string of the molecule is CC1C(=NNC(=O)c2ccncc2)C[C@]2(C(C)C)C[C@H]12. The van der Waals surface area contributed by atoms with E-state index in [4.69, 9.17) is 0 Å². The van der Waals surface area contributed by atoms with Crippen molar-refractivity contribution in [3.63, 3.8) is 0 Å². The molecule has 106 valence electrons. The number of pyridine rings is 1. The molecule has 1 unspecified atom stereocenters. The third-order valence-electron chi connectivity index (χ3n) is 5.21. The molecule has 1 amide bonds. The minimum absolute atomic E-state index is 0.161. The summed E-state index contributed by atoms with van der Waals surface area (Å²) in [4.78, 5) is 15.9. The molecule has 2 fully saturated rings. The number of fused-ring (bicyclic) bond motifs is 1. The van der Waals surface area contributed by atoms with Gasteiger partial charge in [0, 0.05) is 23.7 Å². The molecule has 2 aliphatic carbocycles. The average Bonchev–Trinajstić information content (AvgIpc) is 3.13. The van der Waals surface area contributed by atoms with E-state index < -0.39 is 0 Å². The lowest BCUT2D eigenvalue weighted by atomic mass is 9.90. The quantitative estimate of drug-likeness (QED) is 0.859. The highest BCUT2D eigenvalue weighted by Crippen LogP contribution is 2.68. The Labute approximate surface area is 119 Å². The number of carbonyl (C=O) groups excluding carboxylic acids is 1. The number of rotatable bonds is 3. The predicted octanol–water partition coefficient (Wildman–Crippen LogP) is 2.87. The summed E-state index contributed by atoms with van der Waals surface area (Å²) in [5.74, 6) is 1.79. The lowest BCUT2D eigenvalue weighted by Gasteiger charge is -2.16. The highest BCUT2D eigenvalue weighted by molar-refractivity contribution is 5.96. The normalized spacial score (nSPS) is 33.3. The summed E-state index contributed by atoms with van der Waals surface area (Å²) in [7, 11) is 0. The molecule has 0 spiro atoms. The van der Waals surface area contributed by atoms with E-state index in [9.17, 15) is 4.79 Å². The van der Waals surface area contributed by atoms with Gasteiger partial charge in [0.2, 0.25) is 0 Å². The van der Waals surface area contributed by atoms with E-state index >= 15 is 0 Å². The van der Waals surface area contributed by atoms with Crippen molar-refractivity contribution in [1.82, 2.24) is 10.4 Å². The van der Waals surface area contributed by atoms with E-state index in [0.717, 1.165) is 18.1 Å². The van der Waals surface area contributed by atoms with E-state index in [1.807, 2.05) is 0 Å². The Kier molecular flexibility index (Phi) is 3.11. The first kappa shape index (κ1) is 13.3. The minimum Gasteiger partial charge on any atom is -0.267 e. The van der Waals surface area contributed by atoms with Gasteiger partial charge in [-0.05, 0) is 48.1 Å². The molecule has 0 aliphatic heterocycles. The summed E-state index contributed by atoms with van der Waals surface area (Å²) in [6, 6.07) is 3.39. The molecule has 0 bridgehead atoms. The molecule has 0 aromatic carbocycles. The van der Waals surface area contributed by atoms with Crippen LogP contribution in [0.15, 0.2) is 29.6 Å². The van der Waals surface area contributed by atoms with Gasteiger partial charge in [-0.1, -0.05) is 20.8 Å². The monoisotopic (exact) mass is 271 g/mol. The number of nitrogens with zero attached hydrogens (tertiary/aromatic N) is 2. The number of hydrogen-bond donors (Lipinski definition) is 1. The maximum Gasteiger partial charge on any atom is 0.271 e. The molecule has 1 heterocycles. The molecule has 4 nitrogen and oxygen atoms in total. The number of carbonyl (C=O) groups is 1. The smallest absolute Gasteiger partial charge is 0.267 e. The second kappa shape index (κ2) is 4.69. The van der Waals surface area contributed by atoms with Crippen LogP contribution in [0, 0.1) is 23.2 Å². The lowest BCUT2D eigenvalue weighted by molar-refractivity contribution is 0.0954. The van der Waals surface area contributed by atoms with Crippen LogP contribution in [-0.4, -0.2) is 16.6 Å². The van der Waals surface area contributed by atoms with Gasteiger partial charge in [-0.3, -0.25) is 9.78 Å². The van der Waals surface area contributed by atoms with Crippen LogP contribution < -0.4 is 5.43 Å². The molecule has 1 aromatic heterocycles. The number of aromatic nitrogens is 1. The second-order valence-corrected chi connectivity index (χ2v) is 6.44. The van der Waals surface area contributed by atoms with Gasteiger partial charge >= 0.3 is 0 Å². The first-order valence-corrected chi connectivity index (χ1v) is 7.31. The van der Waals surface area contributed by atoms with Crippen LogP contribution in [0.1, 0.15) is 44.0 Å². The highest BCUT2D eigenvalue weighted by atomic mass is 16.2. The largest absolute Gasteiger partial charge is 0.271 e. The molecular formula is C16H21N3O. The number of amides is 1. The van der Waals surface area contributed by atoms with Gasteiger partial charge in [0.25, 0.3) is 5.91 Å². The maximum atomic E-state index is 12.0. The third-order valence-corrected chi connectivity index (χ3v) is 5.21. The molecule has 1 aromatic rings. The van der Waals surface area contributed by atoms with Crippen molar-refractivity contribution in [3.05, 3.63) is 30.1 Å². The Morgan fingerprint density at radius 1 is 1.45 bits per heavy atom. The Bertz CT molecular complexity index is 552. The second-order valence-electron chi connectivity index (χ2n) is 6.44. The molecule has 4 heteroatoms. The molecule has 0 radical (unpaired) electrons. The van der Waals surface area contributed by atoms with Gasteiger partial charge in [0.1, 0.15) is 0 Å². The van der Waals surface area contributed by atoms with Crippen molar-refractivity contribution in [2.75, 3.05) is 0 Å². The summed E-state index contributed by atoms with van der Waals surface area (Å²) >= 11 is 0. The van der Waals surface area contributed by atoms with Crippen molar-refractivity contribution in [1.29, 1.82) is 0 Å². The molecular weight excluding hydrogens is 250 g/mol. The van der Waals surface area contributed by atoms with E-state index in [2.05, 4.69) is 36.3 Å². The zero-order chi connectivity index (χ0) is 14.3. The van der Waals surface area contributed by atoms with Gasteiger partial charge in [-0.25, -0.2) is 5.43 Å². The Hall–Kier alpha value is -1.71. The Morgan fingerprint density at radius 3 is 2.75 bits per heavy atom. The van der Waals surface area contributed by atoms with E-state index in [0.29, 0.717) is 22.8 Å². The summed E-state index contributed by atoms with van der Waals surface area (Å²) in [6.07, 6.45) is 5.59. The van der Waals surface area contributed by atoms with Gasteiger partial charge in [-0.2, -0.15) is 5.10 Å². The Morgan fingerprint density at radius 2 is 2.15 bits per heavy atom. The summed E-state index contributed by atoms with van der Waals surface area (Å²) in [5, 5.41) is 4.39. The van der Waals surface area contributed by atoms with Crippen molar-refractivity contribution in [2.24, 2.45) is 28.3 Å². The van der Waals surface area contributed by atoms with E-state index in [1.54, 1.807) is 24.5 Å². The zero-order valence-electron chi connectivity index (χ0n) is 12.3. The van der Waals surface area contributed by atoms with E-state index in [-0.39, 0.29) is 5.91 Å². The number of hydrogen-bond acceptors (Lipinski definition) is 3. The fourth-order valence-electron chi connectivity index (χ4n) is 3.66. The fourth-order valence-corrected chi connectivity index (χ4v) is 3.66. The molecule has 3 rings (SSSR count). The summed E-state index contributed by atoms with van der Waals surface area (Å²) in [5.41, 5.74) is 4.89. The van der Waals surface area contributed by atoms with Crippen LogP contribution in [0.4, 0.5) is 0 Å². The molecule has 2 saturated carbocycles. The highest BCUT2D eigenvalue weighted by Gasteiger charge is 2.63. The van der Waals surface area contributed by atoms with E-state index in [1.165, 1.54) is 6.42 Å². The predicted molar refractivity (Wildman–Crippen MR) is 78.3 cm³/mol. The van der Waals surface area contributed by atoms with Crippen LogP contribution in [0.2, 0.25) is 0 Å². The molecule has 2 aliphatic rings. The minimum atomic E-state index is -0.161. The van der Waals surface area contributed by atoms with Crippen molar-refractivity contribution < 1.29 is 4.79 Å². The fraction of sp³-hybridized carbons (Fsp3) is 0.562. The van der Waals surface area contributed by atoms with Crippen molar-refractivity contribution in [3.8, 4) is 0 Å². The molecule has 1 N–H and O–H groups in total. The zero-order valence-corrected chi connectivity index (χ0v) is 12.3. The topological polar surface area (TPSA) is 54.4 Å². The van der Waals surface area contributed by atoms with Crippen LogP contribution >= 0.6 is 0 Å². The van der Waals surface area contributed by atoms with Crippen LogP contribution in [-0.2, 0) is 0 Å². The van der Waals surface area contributed by atoms with Gasteiger partial charge in [0.05, 0.1) is 0 Å². The van der Waals surface area contributed by atoms with Gasteiger partial charge < -0.3 is 0 Å². The molecule has 3 atom stereocenters. The Balaban J connectivity index is 1.68. The van der Waals surface area contributed by atoms with Crippen LogP contribution in [0.3, 0.4) is 0 Å². The number of nitrogens with one attached hydrogen (secondary N) is 1. The van der Waals surface area contributed by atoms with Crippen molar-refractivity contribution >= 4 is 11.6 Å². The third kappa shape index (κ3) is 2.03. The van der Waals surface area contributed by atoms with Crippen LogP contribution in [0.25, 0.3) is 0 Å². The van der Waals surface area contributed by atoms with Crippen molar-refractivity contribution in [2.45, 2.75) is 33.6 Å². The lowest BCUT2D eigenvalue weighted by Crippen LogP contribution is -2.22. The maximum absolute atomic E-state index is 12.0. The summed E-state index contributed by atoms with van der Waals surface area (Å²) < 4.78 is 0. The van der Waals surface area contributed by atoms with Gasteiger partial charge in [0.15, 0.2) is 0 Å². The molecule has 20 heavy (non-hydrogen) atoms. The first-order chi connectivity index (χ1) is 9.54. The number of hydrazone groups is 1. The summed E-state index contributed by atoms with van der Waals surface area (Å²) in [6.45, 7) is 6.83. The first-order valence-electron chi connectivity index (χ1n) is 7.31. The standard InChI is InChI=1S/C16H21N3O/c1-10(2)16-8-13(16)11(3)14(9-16)18-19-15(20)12-4-6-17-7-5-12/h4-7,10-11,13H,8-9H2,1-3H3,(H,19,20)/t11?,13-,16+/m1/s1. The average molecular weight is 271 g/mol. The van der Waals surface area contributed by atoms with Gasteiger partial charge in [-0.15, -0.1) is 0 Å².